The van der Waals surface area contributed by atoms with Crippen LogP contribution in [0, 0.1) is 0 Å². The van der Waals surface area contributed by atoms with Gasteiger partial charge >= 0.3 is 0 Å². The lowest BCUT2D eigenvalue weighted by Crippen LogP contribution is -2.23. The number of oxazole rings is 1. The molecule has 0 saturated carbocycles. The Labute approximate surface area is 182 Å². The molecule has 2 aromatic carbocycles. The lowest BCUT2D eigenvalue weighted by atomic mass is 10.2. The molecule has 3 aromatic rings. The molecular weight excluding hydrogens is 416 g/mol. The Balaban J connectivity index is 1.72. The number of aromatic nitrogens is 1. The molecule has 9 heteroatoms. The Morgan fingerprint density at radius 3 is 2.42 bits per heavy atom. The zero-order valence-electron chi connectivity index (χ0n) is 18.0. The Morgan fingerprint density at radius 2 is 1.77 bits per heavy atom. The number of benzene rings is 2. The average Bonchev–Trinajstić information content (AvgIpc) is 3.21. The molecule has 31 heavy (non-hydrogen) atoms. The molecule has 0 aliphatic heterocycles. The van der Waals surface area contributed by atoms with Gasteiger partial charge in [0.1, 0.15) is 0 Å². The summed E-state index contributed by atoms with van der Waals surface area (Å²) in [7, 11) is 2.96. The quantitative estimate of drug-likeness (QED) is 0.575. The van der Waals surface area contributed by atoms with Gasteiger partial charge in [-0.2, -0.15) is 0 Å². The summed E-state index contributed by atoms with van der Waals surface area (Å²) < 4.78 is 31.8. The summed E-state index contributed by atoms with van der Waals surface area (Å²) in [6, 6.07) is 14.3. The van der Waals surface area contributed by atoms with E-state index < -0.39 is 10.0 Å². The number of aryl methyl sites for hydroxylation is 1. The van der Waals surface area contributed by atoms with Gasteiger partial charge in [-0.3, -0.25) is 4.79 Å². The molecule has 1 aromatic heterocycles. The summed E-state index contributed by atoms with van der Waals surface area (Å²) in [5, 5.41) is 2.82. The standard InChI is InChI=1S/C22H26N4O4S/c1-25(2)19-11-10-17(31(28,29)26(3)4)14-18(19)24-21(27)12-13-22-23-15-20(30-22)16-8-6-5-7-9-16/h5-11,14-15H,12-13H2,1-4H3,(H,24,27). The van der Waals surface area contributed by atoms with Gasteiger partial charge in [-0.05, 0) is 18.2 Å². The molecule has 0 unspecified atom stereocenters. The van der Waals surface area contributed by atoms with Gasteiger partial charge in [-0.25, -0.2) is 17.7 Å². The largest absolute Gasteiger partial charge is 0.441 e. The molecule has 1 N–H and O–H groups in total. The third-order valence-corrected chi connectivity index (χ3v) is 6.49. The van der Waals surface area contributed by atoms with Gasteiger partial charge in [0.2, 0.25) is 15.9 Å². The van der Waals surface area contributed by atoms with Gasteiger partial charge in [0.25, 0.3) is 0 Å². The lowest BCUT2D eigenvalue weighted by Gasteiger charge is -2.20. The molecule has 1 amide bonds. The van der Waals surface area contributed by atoms with E-state index in [0.717, 1.165) is 9.87 Å². The van der Waals surface area contributed by atoms with E-state index in [1.165, 1.54) is 26.2 Å². The van der Waals surface area contributed by atoms with Crippen LogP contribution in [-0.2, 0) is 21.2 Å². The topological polar surface area (TPSA) is 95.8 Å². The molecular formula is C22H26N4O4S. The predicted molar refractivity (Wildman–Crippen MR) is 121 cm³/mol. The van der Waals surface area contributed by atoms with Crippen LogP contribution in [0.1, 0.15) is 12.3 Å². The second-order valence-corrected chi connectivity index (χ2v) is 9.55. The van der Waals surface area contributed by atoms with Crippen LogP contribution in [0.4, 0.5) is 11.4 Å². The van der Waals surface area contributed by atoms with Crippen LogP contribution in [0.3, 0.4) is 0 Å². The average molecular weight is 443 g/mol. The summed E-state index contributed by atoms with van der Waals surface area (Å²) in [5.41, 5.74) is 2.05. The number of sulfonamides is 1. The van der Waals surface area contributed by atoms with Crippen molar-refractivity contribution in [3.63, 3.8) is 0 Å². The molecule has 0 bridgehead atoms. The molecule has 1 heterocycles. The number of carbonyl (C=O) groups is 1. The van der Waals surface area contributed by atoms with Crippen LogP contribution in [-0.4, -0.2) is 51.8 Å². The minimum absolute atomic E-state index is 0.110. The number of nitrogens with one attached hydrogen (secondary N) is 1. The normalized spacial score (nSPS) is 11.5. The van der Waals surface area contributed by atoms with Crippen LogP contribution in [0.25, 0.3) is 11.3 Å². The fourth-order valence-electron chi connectivity index (χ4n) is 2.97. The zero-order chi connectivity index (χ0) is 22.6. The van der Waals surface area contributed by atoms with Gasteiger partial charge in [-0.1, -0.05) is 30.3 Å². The van der Waals surface area contributed by atoms with Crippen LogP contribution in [0.15, 0.2) is 64.0 Å². The molecule has 3 rings (SSSR count). The first kappa shape index (κ1) is 22.5. The molecule has 0 spiro atoms. The fourth-order valence-corrected chi connectivity index (χ4v) is 3.90. The third-order valence-electron chi connectivity index (χ3n) is 4.68. The third kappa shape index (κ3) is 5.31. The Kier molecular flexibility index (Phi) is 6.77. The summed E-state index contributed by atoms with van der Waals surface area (Å²) >= 11 is 0. The molecule has 0 radical (unpaired) electrons. The maximum absolute atomic E-state index is 12.6. The van der Waals surface area contributed by atoms with Gasteiger partial charge in [0.15, 0.2) is 11.7 Å². The second kappa shape index (κ2) is 9.32. The monoisotopic (exact) mass is 442 g/mol. The van der Waals surface area contributed by atoms with Gasteiger partial charge in [0, 0.05) is 46.6 Å². The van der Waals surface area contributed by atoms with E-state index in [0.29, 0.717) is 29.4 Å². The summed E-state index contributed by atoms with van der Waals surface area (Å²) in [6.07, 6.45) is 2.11. The summed E-state index contributed by atoms with van der Waals surface area (Å²) in [6.45, 7) is 0. The zero-order valence-corrected chi connectivity index (χ0v) is 18.8. The van der Waals surface area contributed by atoms with Crippen molar-refractivity contribution in [1.29, 1.82) is 0 Å². The Hall–Kier alpha value is -3.17. The van der Waals surface area contributed by atoms with Crippen molar-refractivity contribution >= 4 is 27.3 Å². The lowest BCUT2D eigenvalue weighted by molar-refractivity contribution is -0.116. The molecule has 0 fully saturated rings. The number of carbonyl (C=O) groups excluding carboxylic acids is 1. The number of hydrogen-bond donors (Lipinski definition) is 1. The number of amides is 1. The van der Waals surface area contributed by atoms with Gasteiger partial charge < -0.3 is 14.6 Å². The smallest absolute Gasteiger partial charge is 0.242 e. The van der Waals surface area contributed by atoms with Gasteiger partial charge in [-0.15, -0.1) is 0 Å². The van der Waals surface area contributed by atoms with E-state index in [-0.39, 0.29) is 17.2 Å². The highest BCUT2D eigenvalue weighted by molar-refractivity contribution is 7.89. The minimum atomic E-state index is -3.62. The minimum Gasteiger partial charge on any atom is -0.441 e. The van der Waals surface area contributed by atoms with Crippen molar-refractivity contribution in [2.75, 3.05) is 38.4 Å². The molecule has 8 nitrogen and oxygen atoms in total. The Morgan fingerprint density at radius 1 is 1.06 bits per heavy atom. The molecule has 0 saturated heterocycles. The number of rotatable bonds is 8. The van der Waals surface area contributed by atoms with E-state index in [1.54, 1.807) is 12.3 Å². The van der Waals surface area contributed by atoms with Crippen LogP contribution in [0.2, 0.25) is 0 Å². The SMILES string of the molecule is CN(C)c1ccc(S(=O)(=O)N(C)C)cc1NC(=O)CCc1ncc(-c2ccccc2)o1. The molecule has 164 valence electrons. The molecule has 0 aliphatic carbocycles. The Bertz CT molecular complexity index is 1160. The fraction of sp³-hybridized carbons (Fsp3) is 0.273. The van der Waals surface area contributed by atoms with E-state index in [9.17, 15) is 13.2 Å². The van der Waals surface area contributed by atoms with Crippen molar-refractivity contribution in [2.24, 2.45) is 0 Å². The van der Waals surface area contributed by atoms with E-state index in [2.05, 4.69) is 10.3 Å². The van der Waals surface area contributed by atoms with E-state index in [4.69, 9.17) is 4.42 Å². The van der Waals surface area contributed by atoms with Crippen LogP contribution >= 0.6 is 0 Å². The van der Waals surface area contributed by atoms with Crippen LogP contribution < -0.4 is 10.2 Å². The first-order valence-electron chi connectivity index (χ1n) is 9.72. The molecule has 0 atom stereocenters. The summed E-state index contributed by atoms with van der Waals surface area (Å²) in [5.74, 6) is 0.847. The molecule has 0 aliphatic rings. The number of anilines is 2. The van der Waals surface area contributed by atoms with Crippen molar-refractivity contribution in [2.45, 2.75) is 17.7 Å². The highest BCUT2D eigenvalue weighted by Crippen LogP contribution is 2.29. The number of nitrogens with zero attached hydrogens (tertiary/aromatic N) is 3. The predicted octanol–water partition coefficient (Wildman–Crippen LogP) is 3.23. The van der Waals surface area contributed by atoms with E-state index >= 15 is 0 Å². The van der Waals surface area contributed by atoms with Crippen molar-refractivity contribution in [3.05, 3.63) is 60.6 Å². The summed E-state index contributed by atoms with van der Waals surface area (Å²) in [4.78, 5) is 18.7. The first-order chi connectivity index (χ1) is 14.7. The maximum Gasteiger partial charge on any atom is 0.242 e. The second-order valence-electron chi connectivity index (χ2n) is 7.39. The van der Waals surface area contributed by atoms with Crippen molar-refractivity contribution in [1.82, 2.24) is 9.29 Å². The van der Waals surface area contributed by atoms with Crippen molar-refractivity contribution in [3.8, 4) is 11.3 Å². The highest BCUT2D eigenvalue weighted by Gasteiger charge is 2.20. The van der Waals surface area contributed by atoms with Gasteiger partial charge in [0.05, 0.1) is 22.5 Å². The highest BCUT2D eigenvalue weighted by atomic mass is 32.2. The van der Waals surface area contributed by atoms with E-state index in [1.807, 2.05) is 49.3 Å². The first-order valence-corrected chi connectivity index (χ1v) is 11.2. The van der Waals surface area contributed by atoms with Crippen LogP contribution in [0.5, 0.6) is 0 Å². The number of hydrogen-bond acceptors (Lipinski definition) is 6. The maximum atomic E-state index is 12.6. The van der Waals surface area contributed by atoms with Crippen molar-refractivity contribution < 1.29 is 17.6 Å².